The van der Waals surface area contributed by atoms with Crippen molar-refractivity contribution in [3.63, 3.8) is 0 Å². The zero-order valence-electron chi connectivity index (χ0n) is 15.9. The number of rotatable bonds is 6. The summed E-state index contributed by atoms with van der Waals surface area (Å²) >= 11 is 6.15. The average Bonchev–Trinajstić information content (AvgIpc) is 2.74. The Bertz CT molecular complexity index is 905. The number of nitrogens with zero attached hydrogens (tertiary/aromatic N) is 2. The van der Waals surface area contributed by atoms with E-state index < -0.39 is 11.4 Å². The molecule has 29 heavy (non-hydrogen) atoms. The maximum Gasteiger partial charge on any atom is 0.246 e. The molecule has 0 aromatic heterocycles. The molecule has 0 saturated carbocycles. The number of benzene rings is 2. The van der Waals surface area contributed by atoms with Crippen molar-refractivity contribution in [3.05, 3.63) is 65.2 Å². The number of anilines is 1. The van der Waals surface area contributed by atoms with Crippen LogP contribution in [0.3, 0.4) is 0 Å². The first-order chi connectivity index (χ1) is 14.1. The van der Waals surface area contributed by atoms with Gasteiger partial charge in [0.2, 0.25) is 11.8 Å². The van der Waals surface area contributed by atoms with E-state index in [1.165, 1.54) is 4.90 Å². The molecule has 1 saturated heterocycles. The number of ether oxygens (including phenoxy) is 1. The largest absolute Gasteiger partial charge is 0.381 e. The van der Waals surface area contributed by atoms with Crippen LogP contribution >= 0.6 is 11.6 Å². The third-order valence-corrected chi connectivity index (χ3v) is 5.25. The normalized spacial score (nSPS) is 15.2. The topological polar surface area (TPSA) is 82.4 Å². The average molecular weight is 412 g/mol. The molecule has 0 unspecified atom stereocenters. The first-order valence-electron chi connectivity index (χ1n) is 9.42. The summed E-state index contributed by atoms with van der Waals surface area (Å²) in [5.74, 6) is -0.706. The van der Waals surface area contributed by atoms with Crippen LogP contribution in [0.15, 0.2) is 54.6 Å². The summed E-state index contributed by atoms with van der Waals surface area (Å²) in [7, 11) is 0. The fraction of sp³-hybridized carbons (Fsp3) is 0.318. The fourth-order valence-electron chi connectivity index (χ4n) is 3.60. The molecule has 150 valence electrons. The van der Waals surface area contributed by atoms with E-state index in [2.05, 4.69) is 5.32 Å². The van der Waals surface area contributed by atoms with Crippen molar-refractivity contribution in [3.8, 4) is 6.07 Å². The molecule has 1 aliphatic heterocycles. The second-order valence-electron chi connectivity index (χ2n) is 6.86. The number of nitriles is 1. The minimum Gasteiger partial charge on any atom is -0.381 e. The number of hydrogen-bond acceptors (Lipinski definition) is 4. The van der Waals surface area contributed by atoms with Crippen LogP contribution in [0.4, 0.5) is 5.69 Å². The van der Waals surface area contributed by atoms with Crippen LogP contribution in [-0.2, 0) is 20.9 Å². The van der Waals surface area contributed by atoms with Crippen LogP contribution in [0.1, 0.15) is 24.8 Å². The van der Waals surface area contributed by atoms with Gasteiger partial charge in [-0.25, -0.2) is 0 Å². The van der Waals surface area contributed by atoms with Crippen molar-refractivity contribution >= 4 is 29.1 Å². The van der Waals surface area contributed by atoms with E-state index in [1.807, 2.05) is 36.4 Å². The van der Waals surface area contributed by atoms with Crippen LogP contribution in [0.25, 0.3) is 0 Å². The van der Waals surface area contributed by atoms with Crippen molar-refractivity contribution in [2.75, 3.05) is 18.1 Å². The van der Waals surface area contributed by atoms with E-state index in [0.717, 1.165) is 5.56 Å². The van der Waals surface area contributed by atoms with Gasteiger partial charge in [-0.3, -0.25) is 14.5 Å². The van der Waals surface area contributed by atoms with E-state index in [0.29, 0.717) is 43.3 Å². The summed E-state index contributed by atoms with van der Waals surface area (Å²) in [4.78, 5) is 27.8. The molecule has 7 heteroatoms. The number of nitrogens with one attached hydrogen (secondary N) is 1. The third-order valence-electron chi connectivity index (χ3n) is 5.01. The molecule has 1 heterocycles. The molecule has 2 amide bonds. The minimum atomic E-state index is -1.15. The number of hydrogen-bond donors (Lipinski definition) is 1. The van der Waals surface area contributed by atoms with Gasteiger partial charge in [0.1, 0.15) is 12.0 Å². The molecule has 0 bridgehead atoms. The SMILES string of the molecule is N#CCC(=O)N(c1cccc(Cl)c1)C1(C(=O)NCc2ccccc2)CCOCC1. The molecular weight excluding hydrogens is 390 g/mol. The lowest BCUT2D eigenvalue weighted by Gasteiger charge is -2.44. The molecule has 2 aromatic rings. The molecule has 1 N–H and O–H groups in total. The smallest absolute Gasteiger partial charge is 0.246 e. The zero-order chi connectivity index (χ0) is 20.7. The zero-order valence-corrected chi connectivity index (χ0v) is 16.7. The maximum absolute atomic E-state index is 13.4. The van der Waals surface area contributed by atoms with Gasteiger partial charge in [0.25, 0.3) is 0 Å². The number of halogens is 1. The van der Waals surface area contributed by atoms with Gasteiger partial charge in [-0.15, -0.1) is 0 Å². The summed E-state index contributed by atoms with van der Waals surface area (Å²) in [5.41, 5.74) is 0.307. The molecule has 3 rings (SSSR count). The van der Waals surface area contributed by atoms with Gasteiger partial charge in [0, 0.05) is 43.3 Å². The van der Waals surface area contributed by atoms with Crippen molar-refractivity contribution < 1.29 is 14.3 Å². The van der Waals surface area contributed by atoms with Crippen molar-refractivity contribution in [1.29, 1.82) is 5.26 Å². The van der Waals surface area contributed by atoms with Gasteiger partial charge in [-0.1, -0.05) is 48.0 Å². The summed E-state index contributed by atoms with van der Waals surface area (Å²) in [6.45, 7) is 1.03. The third kappa shape index (κ3) is 4.76. The molecule has 2 aromatic carbocycles. The highest BCUT2D eigenvalue weighted by Gasteiger charge is 2.48. The Balaban J connectivity index is 1.97. The van der Waals surface area contributed by atoms with Crippen LogP contribution in [0, 0.1) is 11.3 Å². The lowest BCUT2D eigenvalue weighted by atomic mass is 9.85. The van der Waals surface area contributed by atoms with E-state index in [9.17, 15) is 9.59 Å². The molecular formula is C22H22ClN3O3. The van der Waals surface area contributed by atoms with Crippen LogP contribution < -0.4 is 10.2 Å². The Morgan fingerprint density at radius 2 is 1.86 bits per heavy atom. The Kier molecular flexibility index (Phi) is 6.86. The molecule has 6 nitrogen and oxygen atoms in total. The predicted molar refractivity (Wildman–Crippen MR) is 110 cm³/mol. The van der Waals surface area contributed by atoms with E-state index in [1.54, 1.807) is 24.3 Å². The van der Waals surface area contributed by atoms with E-state index in [-0.39, 0.29) is 12.3 Å². The van der Waals surface area contributed by atoms with Gasteiger partial charge in [0.05, 0.1) is 6.07 Å². The number of amides is 2. The molecule has 0 spiro atoms. The second-order valence-corrected chi connectivity index (χ2v) is 7.29. The number of carbonyl (C=O) groups excluding carboxylic acids is 2. The molecule has 0 atom stereocenters. The highest BCUT2D eigenvalue weighted by atomic mass is 35.5. The maximum atomic E-state index is 13.4. The highest BCUT2D eigenvalue weighted by Crippen LogP contribution is 2.35. The van der Waals surface area contributed by atoms with E-state index >= 15 is 0 Å². The van der Waals surface area contributed by atoms with Crippen molar-refractivity contribution in [2.24, 2.45) is 0 Å². The summed E-state index contributed by atoms with van der Waals surface area (Å²) in [6, 6.07) is 18.2. The molecule has 1 fully saturated rings. The monoisotopic (exact) mass is 411 g/mol. The van der Waals surface area contributed by atoms with Gasteiger partial charge in [-0.05, 0) is 23.8 Å². The minimum absolute atomic E-state index is 0.268. The first kappa shape index (κ1) is 20.8. The first-order valence-corrected chi connectivity index (χ1v) is 9.80. The van der Waals surface area contributed by atoms with Crippen LogP contribution in [0.5, 0.6) is 0 Å². The van der Waals surface area contributed by atoms with Crippen LogP contribution in [0.2, 0.25) is 5.02 Å². The molecule has 0 radical (unpaired) electrons. The van der Waals surface area contributed by atoms with Gasteiger partial charge < -0.3 is 10.1 Å². The Morgan fingerprint density at radius 1 is 1.14 bits per heavy atom. The highest BCUT2D eigenvalue weighted by molar-refractivity contribution is 6.31. The quantitative estimate of drug-likeness (QED) is 0.789. The Labute approximate surface area is 175 Å². The molecule has 0 aliphatic carbocycles. The lowest BCUT2D eigenvalue weighted by Crippen LogP contribution is -2.63. The van der Waals surface area contributed by atoms with E-state index in [4.69, 9.17) is 21.6 Å². The van der Waals surface area contributed by atoms with Gasteiger partial charge >= 0.3 is 0 Å². The summed E-state index contributed by atoms with van der Waals surface area (Å²) < 4.78 is 5.48. The molecule has 1 aliphatic rings. The van der Waals surface area contributed by atoms with Gasteiger partial charge in [0.15, 0.2) is 0 Å². The predicted octanol–water partition coefficient (Wildman–Crippen LogP) is 3.45. The number of carbonyl (C=O) groups is 2. The second kappa shape index (κ2) is 9.55. The Morgan fingerprint density at radius 3 is 2.52 bits per heavy atom. The lowest BCUT2D eigenvalue weighted by molar-refractivity contribution is -0.134. The summed E-state index contributed by atoms with van der Waals surface area (Å²) in [5, 5.41) is 12.5. The summed E-state index contributed by atoms with van der Waals surface area (Å²) in [6.07, 6.45) is 0.329. The van der Waals surface area contributed by atoms with Crippen molar-refractivity contribution in [1.82, 2.24) is 5.32 Å². The van der Waals surface area contributed by atoms with Gasteiger partial charge in [-0.2, -0.15) is 5.26 Å². The fourth-order valence-corrected chi connectivity index (χ4v) is 3.78. The van der Waals surface area contributed by atoms with Crippen molar-refractivity contribution in [2.45, 2.75) is 31.3 Å². The Hall–Kier alpha value is -2.88. The van der Waals surface area contributed by atoms with Crippen LogP contribution in [-0.4, -0.2) is 30.6 Å². The standard InChI is InChI=1S/C22H22ClN3O3/c23-18-7-4-8-19(15-18)26(20(27)9-12-24)22(10-13-29-14-11-22)21(28)25-16-17-5-2-1-3-6-17/h1-8,15H,9-11,13-14,16H2,(H,25,28).